The van der Waals surface area contributed by atoms with Gasteiger partial charge in [0.25, 0.3) is 5.91 Å². The van der Waals surface area contributed by atoms with Crippen LogP contribution in [0.15, 0.2) is 71.9 Å². The van der Waals surface area contributed by atoms with Crippen molar-refractivity contribution in [1.82, 2.24) is 19.8 Å². The van der Waals surface area contributed by atoms with Crippen molar-refractivity contribution in [2.45, 2.75) is 54.7 Å². The van der Waals surface area contributed by atoms with Gasteiger partial charge in [0.1, 0.15) is 11.4 Å². The molecule has 3 aromatic rings. The summed E-state index contributed by atoms with van der Waals surface area (Å²) < 4.78 is 20.3. The highest BCUT2D eigenvalue weighted by atomic mass is 32.2. The van der Waals surface area contributed by atoms with Crippen LogP contribution >= 0.6 is 0 Å². The Balaban J connectivity index is 1.44. The first-order valence-corrected chi connectivity index (χ1v) is 15.1. The molecule has 0 spiro atoms. The van der Waals surface area contributed by atoms with Gasteiger partial charge >= 0.3 is 0 Å². The second-order valence-electron chi connectivity index (χ2n) is 10.5. The lowest BCUT2D eigenvalue weighted by atomic mass is 9.80. The molecule has 1 saturated carbocycles. The maximum atomic E-state index is 14.2. The van der Waals surface area contributed by atoms with Crippen LogP contribution in [-0.4, -0.2) is 80.8 Å². The van der Waals surface area contributed by atoms with Crippen LogP contribution in [0.4, 0.5) is 0 Å². The first-order valence-electron chi connectivity index (χ1n) is 13.8. The fourth-order valence-corrected chi connectivity index (χ4v) is 7.19. The molecule has 1 aliphatic heterocycles. The third-order valence-corrected chi connectivity index (χ3v) is 9.39. The van der Waals surface area contributed by atoms with E-state index in [1.165, 1.54) is 0 Å². The summed E-state index contributed by atoms with van der Waals surface area (Å²) in [7, 11) is 1.61. The lowest BCUT2D eigenvalue weighted by Gasteiger charge is -2.41. The average Bonchev–Trinajstić information content (AvgIpc) is 3.41. The Labute approximate surface area is 233 Å². The number of aromatic nitrogens is 2. The van der Waals surface area contributed by atoms with E-state index in [-0.39, 0.29) is 24.6 Å². The molecule has 1 amide bonds. The van der Waals surface area contributed by atoms with Crippen molar-refractivity contribution >= 4 is 17.1 Å². The number of hydrogen-bond donors (Lipinski definition) is 2. The van der Waals surface area contributed by atoms with Crippen molar-refractivity contribution in [1.29, 1.82) is 0 Å². The molecule has 1 aliphatic carbocycles. The highest BCUT2D eigenvalue weighted by molar-refractivity contribution is 7.91. The van der Waals surface area contributed by atoms with Crippen LogP contribution in [0.25, 0.3) is 11.3 Å². The zero-order valence-electron chi connectivity index (χ0n) is 22.5. The normalized spacial score (nSPS) is 24.4. The zero-order chi connectivity index (χ0) is 27.2. The third-order valence-electron chi connectivity index (χ3n) is 7.98. The smallest absolute Gasteiger partial charge is 0.275 e. The Morgan fingerprint density at radius 1 is 1.18 bits per heavy atom. The van der Waals surface area contributed by atoms with E-state index in [0.29, 0.717) is 43.9 Å². The number of aliphatic hydroxyl groups is 1. The molecular weight excluding hydrogens is 512 g/mol. The van der Waals surface area contributed by atoms with Crippen molar-refractivity contribution in [3.63, 3.8) is 0 Å². The van der Waals surface area contributed by atoms with Crippen molar-refractivity contribution in [3.8, 4) is 11.3 Å². The number of rotatable bonds is 9. The number of benzene rings is 2. The second kappa shape index (κ2) is 12.7. The van der Waals surface area contributed by atoms with Gasteiger partial charge in [-0.3, -0.25) is 4.79 Å². The average molecular weight is 551 g/mol. The van der Waals surface area contributed by atoms with Gasteiger partial charge in [-0.05, 0) is 36.2 Å². The van der Waals surface area contributed by atoms with Crippen molar-refractivity contribution in [3.05, 3.63) is 72.7 Å². The number of imidazole rings is 1. The second-order valence-corrected chi connectivity index (χ2v) is 12.1. The summed E-state index contributed by atoms with van der Waals surface area (Å²) in [6.07, 6.45) is 5.69. The van der Waals surface area contributed by atoms with E-state index in [4.69, 9.17) is 4.74 Å². The predicted molar refractivity (Wildman–Crippen MR) is 152 cm³/mol. The molecule has 2 heterocycles. The Morgan fingerprint density at radius 2 is 1.92 bits per heavy atom. The highest BCUT2D eigenvalue weighted by Gasteiger charge is 2.42. The van der Waals surface area contributed by atoms with E-state index in [1.54, 1.807) is 13.4 Å². The van der Waals surface area contributed by atoms with E-state index >= 15 is 0 Å². The van der Waals surface area contributed by atoms with Crippen molar-refractivity contribution in [2.24, 2.45) is 0 Å². The first-order chi connectivity index (χ1) is 19.0. The highest BCUT2D eigenvalue weighted by Crippen LogP contribution is 2.41. The molecule has 2 fully saturated rings. The number of nitrogens with zero attached hydrogens (tertiary/aromatic N) is 3. The summed E-state index contributed by atoms with van der Waals surface area (Å²) in [6.45, 7) is 2.13. The quantitative estimate of drug-likeness (QED) is 0.395. The molecule has 1 saturated heterocycles. The molecule has 0 bridgehead atoms. The van der Waals surface area contributed by atoms with Crippen molar-refractivity contribution < 1.29 is 19.2 Å². The van der Waals surface area contributed by atoms with Crippen LogP contribution in [0.5, 0.6) is 0 Å². The topological polar surface area (TPSA) is 103 Å². The van der Waals surface area contributed by atoms with Crippen LogP contribution in [0.3, 0.4) is 0 Å². The molecule has 5 rings (SSSR count). The third kappa shape index (κ3) is 6.07. The number of hydrogen-bond acceptors (Lipinski definition) is 6. The molecule has 39 heavy (non-hydrogen) atoms. The summed E-state index contributed by atoms with van der Waals surface area (Å²) in [4.78, 5) is 21.5. The fraction of sp³-hybridized carbons (Fsp3) is 0.467. The SMILES string of the molecule is COC[C@]1(O)CCCC[C@H]1n1cnc(C(=O)N2CCNC[C@H]2CC[S+]([O-])c2ccccc2)c1-c1ccccc1. The maximum Gasteiger partial charge on any atom is 0.275 e. The van der Waals surface area contributed by atoms with Gasteiger partial charge < -0.3 is 29.2 Å². The van der Waals surface area contributed by atoms with Crippen LogP contribution in [0, 0.1) is 0 Å². The van der Waals surface area contributed by atoms with Crippen LogP contribution in [0.2, 0.25) is 0 Å². The van der Waals surface area contributed by atoms with E-state index in [0.717, 1.165) is 35.4 Å². The summed E-state index contributed by atoms with van der Waals surface area (Å²) in [5, 5.41) is 15.0. The Morgan fingerprint density at radius 3 is 2.67 bits per heavy atom. The predicted octanol–water partition coefficient (Wildman–Crippen LogP) is 3.65. The van der Waals surface area contributed by atoms with Crippen LogP contribution < -0.4 is 5.32 Å². The number of nitrogens with one attached hydrogen (secondary N) is 1. The minimum Gasteiger partial charge on any atom is -0.611 e. The summed E-state index contributed by atoms with van der Waals surface area (Å²) in [5.74, 6) is 0.349. The Kier molecular flexibility index (Phi) is 9.04. The number of methoxy groups -OCH3 is 1. The van der Waals surface area contributed by atoms with E-state index in [2.05, 4.69) is 10.3 Å². The van der Waals surface area contributed by atoms with Gasteiger partial charge in [-0.2, -0.15) is 0 Å². The van der Waals surface area contributed by atoms with Gasteiger partial charge in [-0.25, -0.2) is 4.98 Å². The van der Waals surface area contributed by atoms with E-state index in [1.807, 2.05) is 70.1 Å². The maximum absolute atomic E-state index is 14.2. The summed E-state index contributed by atoms with van der Waals surface area (Å²) in [5.41, 5.74) is 0.978. The summed E-state index contributed by atoms with van der Waals surface area (Å²) in [6, 6.07) is 19.0. The zero-order valence-corrected chi connectivity index (χ0v) is 23.3. The van der Waals surface area contributed by atoms with Crippen LogP contribution in [0.1, 0.15) is 48.6 Å². The number of amides is 1. The van der Waals surface area contributed by atoms with Gasteiger partial charge in [-0.15, -0.1) is 0 Å². The molecule has 208 valence electrons. The van der Waals surface area contributed by atoms with E-state index < -0.39 is 16.8 Å². The molecule has 1 aromatic heterocycles. The minimum absolute atomic E-state index is 0.0900. The van der Waals surface area contributed by atoms with Gasteiger partial charge in [0, 0.05) is 44.8 Å². The monoisotopic (exact) mass is 550 g/mol. The Bertz CT molecular complexity index is 1220. The van der Waals surface area contributed by atoms with Crippen LogP contribution in [-0.2, 0) is 15.9 Å². The first kappa shape index (κ1) is 27.9. The number of carbonyl (C=O) groups is 1. The molecule has 2 N–H and O–H groups in total. The fourth-order valence-electron chi connectivity index (χ4n) is 6.01. The molecule has 2 aliphatic rings. The van der Waals surface area contributed by atoms with E-state index in [9.17, 15) is 14.5 Å². The molecule has 8 nitrogen and oxygen atoms in total. The summed E-state index contributed by atoms with van der Waals surface area (Å²) >= 11 is -1.13. The van der Waals surface area contributed by atoms with Gasteiger partial charge in [-0.1, -0.05) is 61.4 Å². The molecule has 9 heteroatoms. The molecular formula is C30H38N4O4S. The number of piperazine rings is 1. The molecule has 4 atom stereocenters. The molecule has 0 radical (unpaired) electrons. The molecule has 2 aromatic carbocycles. The lowest BCUT2D eigenvalue weighted by Crippen LogP contribution is -2.54. The van der Waals surface area contributed by atoms with Crippen molar-refractivity contribution in [2.75, 3.05) is 39.1 Å². The number of carbonyl (C=O) groups excluding carboxylic acids is 1. The van der Waals surface area contributed by atoms with Gasteiger partial charge in [0.05, 0.1) is 24.7 Å². The van der Waals surface area contributed by atoms with Gasteiger partial charge in [0.15, 0.2) is 10.6 Å². The Hall–Kier alpha value is -2.69. The minimum atomic E-state index is -1.13. The standard InChI is InChI=1S/C30H38N4O4S/c1-38-21-30(36)16-9-8-14-26(30)34-22-32-27(28(34)23-10-4-2-5-11-23)29(35)33-18-17-31-20-24(33)15-19-39(37)25-12-6-3-7-13-25/h2-7,10-13,22,24,26,31,36H,8-9,14-21H2,1H3/t24-,26-,30-,39?/m1/s1. The largest absolute Gasteiger partial charge is 0.611 e. The lowest BCUT2D eigenvalue weighted by molar-refractivity contribution is -0.0893. The van der Waals surface area contributed by atoms with Gasteiger partial charge in [0.2, 0.25) is 0 Å². The number of ether oxygens (including phenoxy) is 1. The molecule has 1 unspecified atom stereocenters.